The molecule has 2 heterocycles. The van der Waals surface area contributed by atoms with Crippen molar-refractivity contribution in [3.05, 3.63) is 69.9 Å². The van der Waals surface area contributed by atoms with Gasteiger partial charge in [-0.25, -0.2) is 9.59 Å². The van der Waals surface area contributed by atoms with Crippen LogP contribution in [0.2, 0.25) is 5.02 Å². The summed E-state index contributed by atoms with van der Waals surface area (Å²) in [6.07, 6.45) is 0.562. The predicted molar refractivity (Wildman–Crippen MR) is 124 cm³/mol. The number of carbonyl (C=O) groups excluding carboxylic acids is 3. The van der Waals surface area contributed by atoms with Gasteiger partial charge in [-0.2, -0.15) is 0 Å². The number of ether oxygens (including phenoxy) is 3. The van der Waals surface area contributed by atoms with Gasteiger partial charge in [-0.15, -0.1) is 0 Å². The summed E-state index contributed by atoms with van der Waals surface area (Å²) >= 11 is 5.95. The number of amides is 3. The average Bonchev–Trinajstić information content (AvgIpc) is 3.22. The van der Waals surface area contributed by atoms with E-state index in [1.807, 2.05) is 12.1 Å². The number of methoxy groups -OCH3 is 2. The summed E-state index contributed by atoms with van der Waals surface area (Å²) in [4.78, 5) is 39.1. The second-order valence-electron chi connectivity index (χ2n) is 7.75. The summed E-state index contributed by atoms with van der Waals surface area (Å²) in [5.41, 5.74) is 2.37. The monoisotopic (exact) mass is 485 g/mol. The summed E-state index contributed by atoms with van der Waals surface area (Å²) in [6.45, 7) is 0.0592. The zero-order valence-corrected chi connectivity index (χ0v) is 19.5. The number of hydrogen-bond donors (Lipinski definition) is 2. The Bertz CT molecular complexity index is 1150. The van der Waals surface area contributed by atoms with Crippen molar-refractivity contribution in [2.75, 3.05) is 33.9 Å². The molecule has 2 aliphatic rings. The predicted octanol–water partition coefficient (Wildman–Crippen LogP) is 2.59. The van der Waals surface area contributed by atoms with Crippen molar-refractivity contribution >= 4 is 29.5 Å². The van der Waals surface area contributed by atoms with Crippen LogP contribution in [0.4, 0.5) is 4.79 Å². The van der Waals surface area contributed by atoms with Crippen LogP contribution < -0.4 is 20.1 Å². The van der Waals surface area contributed by atoms with Gasteiger partial charge in [0.2, 0.25) is 5.91 Å². The van der Waals surface area contributed by atoms with E-state index in [0.717, 1.165) is 5.56 Å². The van der Waals surface area contributed by atoms with Gasteiger partial charge < -0.3 is 24.8 Å². The Morgan fingerprint density at radius 1 is 1.15 bits per heavy atom. The molecule has 2 N–H and O–H groups in total. The van der Waals surface area contributed by atoms with Crippen molar-refractivity contribution in [1.82, 2.24) is 15.5 Å². The Kier molecular flexibility index (Phi) is 6.93. The molecular formula is C24H24ClN3O6. The van der Waals surface area contributed by atoms with Gasteiger partial charge in [0.1, 0.15) is 13.2 Å². The normalized spacial score (nSPS) is 17.1. The number of nitrogens with zero attached hydrogens (tertiary/aromatic N) is 1. The van der Waals surface area contributed by atoms with Crippen LogP contribution in [0, 0.1) is 0 Å². The Balaban J connectivity index is 1.42. The van der Waals surface area contributed by atoms with E-state index in [4.69, 9.17) is 25.8 Å². The molecule has 0 radical (unpaired) electrons. The van der Waals surface area contributed by atoms with E-state index in [-0.39, 0.29) is 19.1 Å². The Hall–Kier alpha value is -3.72. The Morgan fingerprint density at radius 2 is 1.88 bits per heavy atom. The van der Waals surface area contributed by atoms with Gasteiger partial charge in [0.15, 0.2) is 11.5 Å². The van der Waals surface area contributed by atoms with Gasteiger partial charge in [0, 0.05) is 11.6 Å². The molecule has 2 aromatic rings. The van der Waals surface area contributed by atoms with Crippen LogP contribution in [0.15, 0.2) is 53.7 Å². The van der Waals surface area contributed by atoms with Gasteiger partial charge in [0.25, 0.3) is 0 Å². The van der Waals surface area contributed by atoms with Gasteiger partial charge in [0.05, 0.1) is 31.5 Å². The summed E-state index contributed by atoms with van der Waals surface area (Å²) in [7, 11) is 3.13. The lowest BCUT2D eigenvalue weighted by Crippen LogP contribution is -2.50. The van der Waals surface area contributed by atoms with Crippen molar-refractivity contribution in [2.24, 2.45) is 0 Å². The Morgan fingerprint density at radius 3 is 2.59 bits per heavy atom. The third-order valence-corrected chi connectivity index (χ3v) is 5.94. The molecule has 0 fully saturated rings. The van der Waals surface area contributed by atoms with Gasteiger partial charge in [-0.1, -0.05) is 29.8 Å². The van der Waals surface area contributed by atoms with Crippen LogP contribution in [0.25, 0.3) is 0 Å². The van der Waals surface area contributed by atoms with E-state index in [1.165, 1.54) is 4.90 Å². The quantitative estimate of drug-likeness (QED) is 0.557. The summed E-state index contributed by atoms with van der Waals surface area (Å²) < 4.78 is 15.7. The first-order valence-electron chi connectivity index (χ1n) is 10.6. The first-order valence-corrected chi connectivity index (χ1v) is 11.0. The smallest absolute Gasteiger partial charge is 0.338 e. The molecule has 178 valence electrons. The molecule has 0 bridgehead atoms. The molecule has 9 nitrogen and oxygen atoms in total. The van der Waals surface area contributed by atoms with Gasteiger partial charge in [-0.3, -0.25) is 9.69 Å². The largest absolute Gasteiger partial charge is 0.493 e. The molecule has 0 aromatic heterocycles. The minimum absolute atomic E-state index is 0.0649. The van der Waals surface area contributed by atoms with E-state index in [2.05, 4.69) is 10.6 Å². The minimum Gasteiger partial charge on any atom is -0.493 e. The topological polar surface area (TPSA) is 106 Å². The molecular weight excluding hydrogens is 462 g/mol. The maximum absolute atomic E-state index is 12.8. The molecule has 0 unspecified atom stereocenters. The van der Waals surface area contributed by atoms with Gasteiger partial charge >= 0.3 is 12.0 Å². The van der Waals surface area contributed by atoms with E-state index < -0.39 is 18.0 Å². The molecule has 0 saturated heterocycles. The molecule has 2 aliphatic heterocycles. The van der Waals surface area contributed by atoms with Crippen molar-refractivity contribution in [3.8, 4) is 11.5 Å². The number of urea groups is 1. The van der Waals surface area contributed by atoms with Crippen molar-refractivity contribution < 1.29 is 28.6 Å². The Labute approximate surface area is 201 Å². The molecule has 1 atom stereocenters. The van der Waals surface area contributed by atoms with Crippen LogP contribution in [-0.2, 0) is 20.7 Å². The maximum Gasteiger partial charge on any atom is 0.338 e. The van der Waals surface area contributed by atoms with Gasteiger partial charge in [-0.05, 0) is 41.8 Å². The zero-order valence-electron chi connectivity index (χ0n) is 18.7. The standard InChI is InChI=1S/C24H24ClN3O6/c1-32-18-8-3-14(11-19(18)33-2)9-10-26-20(29)12-28-17-13-34-23(30)21(17)22(27-24(28)31)15-4-6-16(25)7-5-15/h3-8,11,22H,9-10,12-13H2,1-2H3,(H,26,29)(H,27,31)/t22-/m0/s1. The number of hydrogen-bond acceptors (Lipinski definition) is 6. The lowest BCUT2D eigenvalue weighted by atomic mass is 9.96. The molecule has 4 rings (SSSR count). The van der Waals surface area contributed by atoms with Crippen LogP contribution in [0.5, 0.6) is 11.5 Å². The van der Waals surface area contributed by atoms with Crippen molar-refractivity contribution in [3.63, 3.8) is 0 Å². The number of carbonyl (C=O) groups is 3. The second kappa shape index (κ2) is 10.0. The number of rotatable bonds is 8. The lowest BCUT2D eigenvalue weighted by Gasteiger charge is -2.32. The van der Waals surface area contributed by atoms with E-state index in [1.54, 1.807) is 44.6 Å². The highest BCUT2D eigenvalue weighted by Crippen LogP contribution is 2.35. The third kappa shape index (κ3) is 4.79. The number of benzene rings is 2. The second-order valence-corrected chi connectivity index (χ2v) is 8.18. The lowest BCUT2D eigenvalue weighted by molar-refractivity contribution is -0.136. The maximum atomic E-state index is 12.8. The third-order valence-electron chi connectivity index (χ3n) is 5.69. The highest BCUT2D eigenvalue weighted by molar-refractivity contribution is 6.30. The number of nitrogens with one attached hydrogen (secondary N) is 2. The fourth-order valence-electron chi connectivity index (χ4n) is 3.97. The van der Waals surface area contributed by atoms with Crippen LogP contribution in [-0.4, -0.2) is 56.7 Å². The zero-order chi connectivity index (χ0) is 24.2. The number of esters is 1. The molecule has 0 spiro atoms. The molecule has 34 heavy (non-hydrogen) atoms. The average molecular weight is 486 g/mol. The summed E-state index contributed by atoms with van der Waals surface area (Å²) in [5, 5.41) is 6.15. The van der Waals surface area contributed by atoms with E-state index >= 15 is 0 Å². The molecule has 3 amide bonds. The molecule has 0 saturated carbocycles. The fraction of sp³-hybridized carbons (Fsp3) is 0.292. The van der Waals surface area contributed by atoms with Crippen LogP contribution >= 0.6 is 11.6 Å². The van der Waals surface area contributed by atoms with Crippen LogP contribution in [0.1, 0.15) is 17.2 Å². The fourth-order valence-corrected chi connectivity index (χ4v) is 4.09. The molecule has 10 heteroatoms. The number of halogens is 1. The SMILES string of the molecule is COc1ccc(CCNC(=O)CN2C(=O)N[C@@H](c3ccc(Cl)cc3)C3=C2COC3=O)cc1OC. The molecule has 0 aliphatic carbocycles. The van der Waals surface area contributed by atoms with Crippen LogP contribution in [0.3, 0.4) is 0 Å². The first kappa shape index (κ1) is 23.4. The highest BCUT2D eigenvalue weighted by atomic mass is 35.5. The van der Waals surface area contributed by atoms with Crippen molar-refractivity contribution in [2.45, 2.75) is 12.5 Å². The first-order chi connectivity index (χ1) is 16.4. The van der Waals surface area contributed by atoms with E-state index in [9.17, 15) is 14.4 Å². The van der Waals surface area contributed by atoms with E-state index in [0.29, 0.717) is 46.3 Å². The number of cyclic esters (lactones) is 1. The summed E-state index contributed by atoms with van der Waals surface area (Å²) in [5.74, 6) is 0.359. The molecule has 2 aromatic carbocycles. The highest BCUT2D eigenvalue weighted by Gasteiger charge is 2.42. The minimum atomic E-state index is -0.667. The van der Waals surface area contributed by atoms with Crippen molar-refractivity contribution in [1.29, 1.82) is 0 Å². The summed E-state index contributed by atoms with van der Waals surface area (Å²) in [6, 6.07) is 11.2.